The SMILES string of the molecule is CCC(O[Si](C)(C)C)C(CCC(O[Si](C)(C)C)C(CCCCCCCCCC(=O)OC)O[Si](C)(C)C)O[Si](C)(C)C. The van der Waals surface area contributed by atoms with Gasteiger partial charge in [-0.1, -0.05) is 45.4 Å². The first-order valence-electron chi connectivity index (χ1n) is 16.4. The van der Waals surface area contributed by atoms with E-state index in [2.05, 4.69) is 85.5 Å². The van der Waals surface area contributed by atoms with Gasteiger partial charge in [-0.05, 0) is 111 Å². The lowest BCUT2D eigenvalue weighted by Crippen LogP contribution is -2.47. The van der Waals surface area contributed by atoms with Crippen molar-refractivity contribution in [1.82, 2.24) is 0 Å². The summed E-state index contributed by atoms with van der Waals surface area (Å²) in [6.07, 6.45) is 12.9. The van der Waals surface area contributed by atoms with E-state index in [4.69, 9.17) is 22.4 Å². The summed E-state index contributed by atoms with van der Waals surface area (Å²) in [5.74, 6) is -0.0966. The lowest BCUT2D eigenvalue weighted by Gasteiger charge is -2.39. The highest BCUT2D eigenvalue weighted by Crippen LogP contribution is 2.28. The van der Waals surface area contributed by atoms with Crippen molar-refractivity contribution in [3.8, 4) is 0 Å². The van der Waals surface area contributed by atoms with Gasteiger partial charge in [0, 0.05) is 6.42 Å². The van der Waals surface area contributed by atoms with E-state index in [-0.39, 0.29) is 30.4 Å². The summed E-state index contributed by atoms with van der Waals surface area (Å²) >= 11 is 0. The molecule has 0 aliphatic rings. The number of rotatable bonds is 24. The predicted molar refractivity (Wildman–Crippen MR) is 186 cm³/mol. The number of hydrogen-bond donors (Lipinski definition) is 0. The van der Waals surface area contributed by atoms with Gasteiger partial charge in [0.1, 0.15) is 0 Å². The molecule has 0 N–H and O–H groups in total. The quantitative estimate of drug-likeness (QED) is 0.0589. The number of carbonyl (C=O) groups is 1. The summed E-state index contributed by atoms with van der Waals surface area (Å²) in [5.41, 5.74) is 0. The molecule has 0 saturated heterocycles. The van der Waals surface area contributed by atoms with Gasteiger partial charge in [0.2, 0.25) is 0 Å². The van der Waals surface area contributed by atoms with Crippen LogP contribution in [-0.2, 0) is 27.2 Å². The van der Waals surface area contributed by atoms with E-state index in [0.29, 0.717) is 6.42 Å². The number of esters is 1. The summed E-state index contributed by atoms with van der Waals surface area (Å²) in [6, 6.07) is 0. The van der Waals surface area contributed by atoms with Crippen molar-refractivity contribution in [2.45, 2.75) is 187 Å². The van der Waals surface area contributed by atoms with Crippen LogP contribution in [0.4, 0.5) is 0 Å². The fourth-order valence-corrected chi connectivity index (χ4v) is 9.89. The van der Waals surface area contributed by atoms with Crippen LogP contribution < -0.4 is 0 Å². The third-order valence-electron chi connectivity index (χ3n) is 6.58. The summed E-state index contributed by atoms with van der Waals surface area (Å²) in [7, 11) is -5.54. The van der Waals surface area contributed by atoms with Crippen LogP contribution in [0.1, 0.15) is 84.0 Å². The minimum Gasteiger partial charge on any atom is -0.469 e. The highest BCUT2D eigenvalue weighted by molar-refractivity contribution is 6.71. The first-order chi connectivity index (χ1) is 18.7. The topological polar surface area (TPSA) is 63.2 Å². The molecule has 4 atom stereocenters. The Balaban J connectivity index is 5.44. The summed E-state index contributed by atoms with van der Waals surface area (Å²) in [4.78, 5) is 11.3. The molecule has 0 spiro atoms. The Bertz CT molecular complexity index is 695. The largest absolute Gasteiger partial charge is 0.469 e. The van der Waals surface area contributed by atoms with E-state index in [9.17, 15) is 4.79 Å². The molecule has 0 aliphatic heterocycles. The van der Waals surface area contributed by atoms with Gasteiger partial charge in [0.25, 0.3) is 0 Å². The number of unbranched alkanes of at least 4 members (excludes halogenated alkanes) is 6. The predicted octanol–water partition coefficient (Wildman–Crippen LogP) is 9.74. The molecule has 0 aromatic carbocycles. The molecule has 0 rings (SSSR count). The van der Waals surface area contributed by atoms with Crippen LogP contribution in [-0.4, -0.2) is 70.8 Å². The Labute approximate surface area is 259 Å². The molecule has 0 aromatic rings. The van der Waals surface area contributed by atoms with Crippen molar-refractivity contribution in [3.63, 3.8) is 0 Å². The average Bonchev–Trinajstić information content (AvgIpc) is 2.79. The zero-order valence-electron chi connectivity index (χ0n) is 29.7. The second-order valence-corrected chi connectivity index (χ2v) is 33.5. The second kappa shape index (κ2) is 19.5. The number of hydrogen-bond acceptors (Lipinski definition) is 6. The van der Waals surface area contributed by atoms with E-state index in [0.717, 1.165) is 44.9 Å². The molecule has 0 aliphatic carbocycles. The Kier molecular flexibility index (Phi) is 19.6. The third-order valence-corrected chi connectivity index (χ3v) is 10.6. The minimum atomic E-state index is -1.79. The summed E-state index contributed by atoms with van der Waals surface area (Å²) in [5, 5.41) is 0. The van der Waals surface area contributed by atoms with Gasteiger partial charge >= 0.3 is 5.97 Å². The van der Waals surface area contributed by atoms with E-state index in [1.807, 2.05) is 0 Å². The molecule has 41 heavy (non-hydrogen) atoms. The van der Waals surface area contributed by atoms with Crippen LogP contribution in [0.2, 0.25) is 78.6 Å². The smallest absolute Gasteiger partial charge is 0.305 e. The lowest BCUT2D eigenvalue weighted by atomic mass is 9.98. The lowest BCUT2D eigenvalue weighted by molar-refractivity contribution is -0.140. The average molecular weight is 651 g/mol. The number of ether oxygens (including phenoxy) is 1. The van der Waals surface area contributed by atoms with Crippen LogP contribution in [0.15, 0.2) is 0 Å². The first-order valence-corrected chi connectivity index (χ1v) is 30.1. The summed E-state index contributed by atoms with van der Waals surface area (Å²) < 4.78 is 32.0. The molecule has 6 nitrogen and oxygen atoms in total. The number of methoxy groups -OCH3 is 1. The van der Waals surface area contributed by atoms with Crippen LogP contribution in [0.3, 0.4) is 0 Å². The summed E-state index contributed by atoms with van der Waals surface area (Å²) in [6.45, 7) is 29.7. The Hall–Kier alpha value is 0.178. The normalized spacial score (nSPS) is 16.3. The maximum absolute atomic E-state index is 11.3. The van der Waals surface area contributed by atoms with E-state index < -0.39 is 33.3 Å². The molecule has 4 unspecified atom stereocenters. The van der Waals surface area contributed by atoms with Crippen molar-refractivity contribution in [2.75, 3.05) is 7.11 Å². The maximum atomic E-state index is 11.3. The fraction of sp³-hybridized carbons (Fsp3) is 0.968. The van der Waals surface area contributed by atoms with Gasteiger partial charge in [-0.3, -0.25) is 4.79 Å². The molecule has 246 valence electrons. The molecular weight excluding hydrogens is 581 g/mol. The molecule has 10 heteroatoms. The minimum absolute atomic E-state index is 0.0869. The molecule has 0 amide bonds. The first kappa shape index (κ1) is 41.2. The van der Waals surface area contributed by atoms with E-state index in [1.165, 1.54) is 32.8 Å². The molecule has 0 radical (unpaired) electrons. The molecule has 0 heterocycles. The second-order valence-electron chi connectivity index (χ2n) is 15.6. The van der Waals surface area contributed by atoms with Gasteiger partial charge < -0.3 is 22.4 Å². The Morgan fingerprint density at radius 3 is 1.17 bits per heavy atom. The highest BCUT2D eigenvalue weighted by atomic mass is 28.4. The van der Waals surface area contributed by atoms with Crippen LogP contribution in [0, 0.1) is 0 Å². The Morgan fingerprint density at radius 2 is 0.805 bits per heavy atom. The van der Waals surface area contributed by atoms with Gasteiger partial charge in [0.15, 0.2) is 33.3 Å². The van der Waals surface area contributed by atoms with Crippen LogP contribution in [0.25, 0.3) is 0 Å². The molecule has 0 aromatic heterocycles. The fourth-order valence-electron chi connectivity index (χ4n) is 5.13. The van der Waals surface area contributed by atoms with Crippen molar-refractivity contribution in [1.29, 1.82) is 0 Å². The maximum Gasteiger partial charge on any atom is 0.305 e. The molecule has 0 saturated carbocycles. The van der Waals surface area contributed by atoms with Crippen LogP contribution in [0.5, 0.6) is 0 Å². The van der Waals surface area contributed by atoms with Crippen LogP contribution >= 0.6 is 0 Å². The van der Waals surface area contributed by atoms with Gasteiger partial charge in [-0.2, -0.15) is 0 Å². The molecule has 0 fully saturated rings. The number of carbonyl (C=O) groups excluding carboxylic acids is 1. The van der Waals surface area contributed by atoms with E-state index in [1.54, 1.807) is 0 Å². The monoisotopic (exact) mass is 650 g/mol. The van der Waals surface area contributed by atoms with Crippen molar-refractivity contribution < 1.29 is 27.2 Å². The zero-order valence-corrected chi connectivity index (χ0v) is 33.7. The van der Waals surface area contributed by atoms with Gasteiger partial charge in [-0.25, -0.2) is 0 Å². The highest BCUT2D eigenvalue weighted by Gasteiger charge is 2.35. The molecular formula is C31H70O6Si4. The van der Waals surface area contributed by atoms with Crippen molar-refractivity contribution >= 4 is 39.2 Å². The van der Waals surface area contributed by atoms with Crippen molar-refractivity contribution in [2.24, 2.45) is 0 Å². The third kappa shape index (κ3) is 24.2. The van der Waals surface area contributed by atoms with Gasteiger partial charge in [-0.15, -0.1) is 0 Å². The van der Waals surface area contributed by atoms with Crippen molar-refractivity contribution in [3.05, 3.63) is 0 Å². The Morgan fingerprint density at radius 1 is 0.488 bits per heavy atom. The van der Waals surface area contributed by atoms with E-state index >= 15 is 0 Å². The molecule has 0 bridgehead atoms. The standard InChI is InChI=1S/C31H70O6Si4/c1-15-27(34-38(3,4)5)29(36-40(9,10)11)25-26-30(37-41(12,13)14)28(35-39(6,7)8)23-21-19-17-16-18-20-22-24-31(32)33-2/h27-30H,15-26H2,1-14H3. The van der Waals surface area contributed by atoms with Gasteiger partial charge in [0.05, 0.1) is 31.5 Å². The zero-order chi connectivity index (χ0) is 31.9.